The standard InChI is InChI=1S/C12H15ClF3NO2S/c1-2-4-20(18,19)5-3-17-11-7-9(12(14,15)16)6-10(13)8-11/h6-8,17H,2-5H2,1H3. The molecular formula is C12H15ClF3NO2S. The largest absolute Gasteiger partial charge is 0.416 e. The van der Waals surface area contributed by atoms with E-state index in [1.54, 1.807) is 6.92 Å². The monoisotopic (exact) mass is 329 g/mol. The predicted octanol–water partition coefficient (Wildman–Crippen LogP) is 3.60. The maximum absolute atomic E-state index is 12.6. The van der Waals surface area contributed by atoms with E-state index in [2.05, 4.69) is 5.32 Å². The quantitative estimate of drug-likeness (QED) is 0.867. The van der Waals surface area contributed by atoms with Crippen LogP contribution in [0.5, 0.6) is 0 Å². The van der Waals surface area contributed by atoms with Gasteiger partial charge in [0.1, 0.15) is 0 Å². The summed E-state index contributed by atoms with van der Waals surface area (Å²) in [4.78, 5) is 0. The van der Waals surface area contributed by atoms with Gasteiger partial charge in [-0.05, 0) is 24.6 Å². The second kappa shape index (κ2) is 6.67. The van der Waals surface area contributed by atoms with Gasteiger partial charge in [0, 0.05) is 23.0 Å². The third kappa shape index (κ3) is 5.58. The number of rotatable bonds is 6. The summed E-state index contributed by atoms with van der Waals surface area (Å²) in [5.74, 6) is -0.0628. The minimum atomic E-state index is -4.49. The smallest absolute Gasteiger partial charge is 0.384 e. The lowest BCUT2D eigenvalue weighted by Crippen LogP contribution is -2.18. The molecule has 0 fully saturated rings. The van der Waals surface area contributed by atoms with E-state index in [1.807, 2.05) is 0 Å². The van der Waals surface area contributed by atoms with Crippen molar-refractivity contribution >= 4 is 27.1 Å². The molecular weight excluding hydrogens is 315 g/mol. The average Bonchev–Trinajstić information content (AvgIpc) is 2.26. The van der Waals surface area contributed by atoms with Crippen LogP contribution in [0.3, 0.4) is 0 Å². The van der Waals surface area contributed by atoms with Crippen molar-refractivity contribution in [2.75, 3.05) is 23.4 Å². The fourth-order valence-electron chi connectivity index (χ4n) is 1.62. The molecule has 3 nitrogen and oxygen atoms in total. The summed E-state index contributed by atoms with van der Waals surface area (Å²) >= 11 is 5.62. The number of alkyl halides is 3. The molecule has 0 bridgehead atoms. The number of anilines is 1. The van der Waals surface area contributed by atoms with Crippen LogP contribution in [0, 0.1) is 0 Å². The molecule has 1 N–H and O–H groups in total. The number of hydrogen-bond acceptors (Lipinski definition) is 3. The molecule has 0 aliphatic carbocycles. The van der Waals surface area contributed by atoms with E-state index >= 15 is 0 Å². The van der Waals surface area contributed by atoms with Gasteiger partial charge in [0.2, 0.25) is 0 Å². The van der Waals surface area contributed by atoms with Crippen LogP contribution in [0.4, 0.5) is 18.9 Å². The first-order chi connectivity index (χ1) is 9.14. The van der Waals surface area contributed by atoms with Gasteiger partial charge in [-0.1, -0.05) is 18.5 Å². The van der Waals surface area contributed by atoms with E-state index in [0.29, 0.717) is 6.42 Å². The van der Waals surface area contributed by atoms with Crippen molar-refractivity contribution < 1.29 is 21.6 Å². The maximum Gasteiger partial charge on any atom is 0.416 e. The molecule has 0 radical (unpaired) electrons. The van der Waals surface area contributed by atoms with Crippen molar-refractivity contribution in [1.29, 1.82) is 0 Å². The first-order valence-corrected chi connectivity index (χ1v) is 8.16. The second-order valence-electron chi connectivity index (χ2n) is 4.30. The molecule has 114 valence electrons. The predicted molar refractivity (Wildman–Crippen MR) is 73.9 cm³/mol. The second-order valence-corrected chi connectivity index (χ2v) is 7.05. The summed E-state index contributed by atoms with van der Waals surface area (Å²) in [6, 6.07) is 3.04. The van der Waals surface area contributed by atoms with Crippen molar-refractivity contribution in [3.63, 3.8) is 0 Å². The Labute approximate surface area is 121 Å². The highest BCUT2D eigenvalue weighted by atomic mass is 35.5. The molecule has 0 saturated heterocycles. The summed E-state index contributed by atoms with van der Waals surface area (Å²) in [6.45, 7) is 1.79. The van der Waals surface area contributed by atoms with E-state index in [-0.39, 0.29) is 28.8 Å². The molecule has 0 atom stereocenters. The van der Waals surface area contributed by atoms with Gasteiger partial charge >= 0.3 is 6.18 Å². The molecule has 1 aromatic rings. The van der Waals surface area contributed by atoms with Gasteiger partial charge in [0.15, 0.2) is 9.84 Å². The number of benzene rings is 1. The molecule has 1 rings (SSSR count). The fourth-order valence-corrected chi connectivity index (χ4v) is 3.09. The van der Waals surface area contributed by atoms with Crippen LogP contribution >= 0.6 is 11.6 Å². The number of nitrogens with one attached hydrogen (secondary N) is 1. The van der Waals surface area contributed by atoms with Crippen molar-refractivity contribution in [2.45, 2.75) is 19.5 Å². The van der Waals surface area contributed by atoms with Crippen LogP contribution in [0.2, 0.25) is 5.02 Å². The van der Waals surface area contributed by atoms with E-state index in [1.165, 1.54) is 6.07 Å². The lowest BCUT2D eigenvalue weighted by atomic mass is 10.2. The van der Waals surface area contributed by atoms with Crippen LogP contribution in [0.25, 0.3) is 0 Å². The van der Waals surface area contributed by atoms with Gasteiger partial charge in [0.25, 0.3) is 0 Å². The summed E-state index contributed by atoms with van der Waals surface area (Å²) in [6.07, 6.45) is -3.98. The topological polar surface area (TPSA) is 46.2 Å². The Bertz CT molecular complexity index is 558. The SMILES string of the molecule is CCCS(=O)(=O)CCNc1cc(Cl)cc(C(F)(F)F)c1. The van der Waals surface area contributed by atoms with Gasteiger partial charge in [-0.15, -0.1) is 0 Å². The Hall–Kier alpha value is -0.950. The average molecular weight is 330 g/mol. The van der Waals surface area contributed by atoms with Crippen molar-refractivity contribution in [3.05, 3.63) is 28.8 Å². The highest BCUT2D eigenvalue weighted by molar-refractivity contribution is 7.91. The summed E-state index contributed by atoms with van der Waals surface area (Å²) in [5, 5.41) is 2.59. The molecule has 20 heavy (non-hydrogen) atoms. The molecule has 0 heterocycles. The highest BCUT2D eigenvalue weighted by Gasteiger charge is 2.31. The zero-order valence-corrected chi connectivity index (χ0v) is 12.4. The Morgan fingerprint density at radius 3 is 2.40 bits per heavy atom. The molecule has 0 saturated carbocycles. The lowest BCUT2D eigenvalue weighted by Gasteiger charge is -2.11. The van der Waals surface area contributed by atoms with Crippen molar-refractivity contribution in [3.8, 4) is 0 Å². The normalized spacial score (nSPS) is 12.4. The van der Waals surface area contributed by atoms with Gasteiger partial charge in [-0.25, -0.2) is 8.42 Å². The van der Waals surface area contributed by atoms with E-state index in [0.717, 1.165) is 12.1 Å². The third-order valence-electron chi connectivity index (χ3n) is 2.48. The van der Waals surface area contributed by atoms with E-state index in [4.69, 9.17) is 11.6 Å². The minimum absolute atomic E-state index is 0.0416. The molecule has 0 unspecified atom stereocenters. The van der Waals surface area contributed by atoms with Gasteiger partial charge < -0.3 is 5.32 Å². The Kier molecular flexibility index (Phi) is 5.70. The Morgan fingerprint density at radius 1 is 1.20 bits per heavy atom. The van der Waals surface area contributed by atoms with Crippen LogP contribution in [-0.4, -0.2) is 26.5 Å². The van der Waals surface area contributed by atoms with Crippen molar-refractivity contribution in [1.82, 2.24) is 0 Å². The molecule has 8 heteroatoms. The van der Waals surface area contributed by atoms with E-state index in [9.17, 15) is 21.6 Å². The zero-order valence-electron chi connectivity index (χ0n) is 10.8. The molecule has 0 aromatic heterocycles. The van der Waals surface area contributed by atoms with Crippen LogP contribution < -0.4 is 5.32 Å². The Morgan fingerprint density at radius 2 is 1.85 bits per heavy atom. The van der Waals surface area contributed by atoms with Gasteiger partial charge in [-0.2, -0.15) is 13.2 Å². The highest BCUT2D eigenvalue weighted by Crippen LogP contribution is 2.33. The van der Waals surface area contributed by atoms with Crippen LogP contribution in [0.1, 0.15) is 18.9 Å². The van der Waals surface area contributed by atoms with Crippen LogP contribution in [0.15, 0.2) is 18.2 Å². The summed E-state index contributed by atoms with van der Waals surface area (Å²) in [5.41, 5.74) is -0.722. The maximum atomic E-state index is 12.6. The summed E-state index contributed by atoms with van der Waals surface area (Å²) < 4.78 is 60.7. The number of halogens is 4. The summed E-state index contributed by atoms with van der Waals surface area (Å²) in [7, 11) is -3.17. The first kappa shape index (κ1) is 17.1. The van der Waals surface area contributed by atoms with Crippen LogP contribution in [-0.2, 0) is 16.0 Å². The molecule has 0 aliphatic rings. The minimum Gasteiger partial charge on any atom is -0.384 e. The van der Waals surface area contributed by atoms with E-state index < -0.39 is 21.6 Å². The molecule has 1 aromatic carbocycles. The lowest BCUT2D eigenvalue weighted by molar-refractivity contribution is -0.137. The molecule has 0 amide bonds. The third-order valence-corrected chi connectivity index (χ3v) is 4.56. The fraction of sp³-hybridized carbons (Fsp3) is 0.500. The first-order valence-electron chi connectivity index (χ1n) is 5.96. The molecule has 0 aliphatic heterocycles. The molecule has 0 spiro atoms. The number of sulfone groups is 1. The zero-order chi connectivity index (χ0) is 15.4. The Balaban J connectivity index is 2.72. The number of hydrogen-bond donors (Lipinski definition) is 1. The van der Waals surface area contributed by atoms with Crippen molar-refractivity contribution in [2.24, 2.45) is 0 Å². The van der Waals surface area contributed by atoms with Gasteiger partial charge in [0.05, 0.1) is 11.3 Å². The van der Waals surface area contributed by atoms with Gasteiger partial charge in [-0.3, -0.25) is 0 Å².